The Morgan fingerprint density at radius 2 is 1.53 bits per heavy atom. The number of hydrogen-bond acceptors (Lipinski definition) is 4. The van der Waals surface area contributed by atoms with Crippen molar-refractivity contribution in [2.75, 3.05) is 13.2 Å². The standard InChI is InChI=1S/C27H27NO4/c1-2-28(25(27(30)31)16-19-10-4-3-5-11-19)26(17-29)32-18-24-22-14-8-6-12-20(22)21-13-7-9-15-23(21)24/h3-15,17,24-26H,2,16,18H2,1H3,(H,30,31)/t25-,26?/m0/s1. The molecule has 164 valence electrons. The number of carbonyl (C=O) groups excluding carboxylic acids is 1. The second-order valence-electron chi connectivity index (χ2n) is 7.96. The van der Waals surface area contributed by atoms with Gasteiger partial charge in [0.25, 0.3) is 0 Å². The third-order valence-corrected chi connectivity index (χ3v) is 6.16. The first kappa shape index (κ1) is 21.9. The zero-order chi connectivity index (χ0) is 22.5. The van der Waals surface area contributed by atoms with Crippen molar-refractivity contribution in [3.63, 3.8) is 0 Å². The molecule has 0 heterocycles. The van der Waals surface area contributed by atoms with E-state index in [0.717, 1.165) is 5.56 Å². The molecule has 5 nitrogen and oxygen atoms in total. The van der Waals surface area contributed by atoms with Crippen LogP contribution in [0.25, 0.3) is 11.1 Å². The van der Waals surface area contributed by atoms with Crippen molar-refractivity contribution < 1.29 is 19.4 Å². The lowest BCUT2D eigenvalue weighted by atomic mass is 9.98. The summed E-state index contributed by atoms with van der Waals surface area (Å²) in [5.74, 6) is -0.969. The van der Waals surface area contributed by atoms with Crippen LogP contribution < -0.4 is 0 Å². The Morgan fingerprint density at radius 1 is 0.969 bits per heavy atom. The number of benzene rings is 3. The van der Waals surface area contributed by atoms with E-state index in [1.165, 1.54) is 22.3 Å². The normalized spacial score (nSPS) is 14.6. The number of fused-ring (bicyclic) bond motifs is 3. The smallest absolute Gasteiger partial charge is 0.321 e. The largest absolute Gasteiger partial charge is 0.480 e. The number of ether oxygens (including phenoxy) is 1. The molecule has 3 aromatic carbocycles. The van der Waals surface area contributed by atoms with Gasteiger partial charge in [0, 0.05) is 5.92 Å². The average Bonchev–Trinajstić information content (AvgIpc) is 3.15. The van der Waals surface area contributed by atoms with Crippen molar-refractivity contribution in [2.24, 2.45) is 0 Å². The number of nitrogens with zero attached hydrogens (tertiary/aromatic N) is 1. The van der Waals surface area contributed by atoms with Crippen molar-refractivity contribution in [3.8, 4) is 11.1 Å². The summed E-state index contributed by atoms with van der Waals surface area (Å²) in [4.78, 5) is 25.7. The van der Waals surface area contributed by atoms with Crippen LogP contribution in [0.15, 0.2) is 78.9 Å². The van der Waals surface area contributed by atoms with Gasteiger partial charge in [-0.1, -0.05) is 85.8 Å². The van der Waals surface area contributed by atoms with E-state index in [-0.39, 0.29) is 5.92 Å². The first-order valence-corrected chi connectivity index (χ1v) is 10.9. The van der Waals surface area contributed by atoms with Gasteiger partial charge in [-0.25, -0.2) is 0 Å². The van der Waals surface area contributed by atoms with Crippen molar-refractivity contribution >= 4 is 12.3 Å². The predicted molar refractivity (Wildman–Crippen MR) is 123 cm³/mol. The van der Waals surface area contributed by atoms with Gasteiger partial charge in [0.1, 0.15) is 6.04 Å². The lowest BCUT2D eigenvalue weighted by Gasteiger charge is -2.32. The summed E-state index contributed by atoms with van der Waals surface area (Å²) in [7, 11) is 0. The number of carbonyl (C=O) groups is 2. The highest BCUT2D eigenvalue weighted by Gasteiger charge is 2.33. The summed E-state index contributed by atoms with van der Waals surface area (Å²) in [5.41, 5.74) is 5.60. The minimum Gasteiger partial charge on any atom is -0.480 e. The molecule has 0 radical (unpaired) electrons. The van der Waals surface area contributed by atoms with Crippen LogP contribution in [0.3, 0.4) is 0 Å². The number of carboxylic acids is 1. The van der Waals surface area contributed by atoms with E-state index in [9.17, 15) is 14.7 Å². The maximum Gasteiger partial charge on any atom is 0.321 e. The summed E-state index contributed by atoms with van der Waals surface area (Å²) in [6.07, 6.45) is 0.0639. The number of carboxylic acid groups (broad SMARTS) is 1. The van der Waals surface area contributed by atoms with Crippen LogP contribution >= 0.6 is 0 Å². The summed E-state index contributed by atoms with van der Waals surface area (Å²) in [6, 6.07) is 25.0. The van der Waals surface area contributed by atoms with Gasteiger partial charge in [-0.05, 0) is 40.8 Å². The number of rotatable bonds is 10. The topological polar surface area (TPSA) is 66.8 Å². The fourth-order valence-electron chi connectivity index (χ4n) is 4.61. The van der Waals surface area contributed by atoms with Crippen LogP contribution in [0, 0.1) is 0 Å². The molecule has 5 heteroatoms. The minimum absolute atomic E-state index is 0.000887. The molecular weight excluding hydrogens is 402 g/mol. The van der Waals surface area contributed by atoms with Crippen LogP contribution in [-0.4, -0.2) is 47.7 Å². The molecule has 0 fully saturated rings. The monoisotopic (exact) mass is 429 g/mol. The highest BCUT2D eigenvalue weighted by Crippen LogP contribution is 2.44. The number of aliphatic carboxylic acids is 1. The Bertz CT molecular complexity index is 1040. The van der Waals surface area contributed by atoms with Crippen molar-refractivity contribution in [1.82, 2.24) is 4.90 Å². The Balaban J connectivity index is 1.54. The Hall–Kier alpha value is -3.28. The second kappa shape index (κ2) is 9.90. The van der Waals surface area contributed by atoms with Crippen LogP contribution in [0.2, 0.25) is 0 Å². The summed E-state index contributed by atoms with van der Waals surface area (Å²) >= 11 is 0. The molecule has 4 rings (SSSR count). The second-order valence-corrected chi connectivity index (χ2v) is 7.96. The highest BCUT2D eigenvalue weighted by molar-refractivity contribution is 5.79. The van der Waals surface area contributed by atoms with Gasteiger partial charge in [-0.3, -0.25) is 14.5 Å². The first-order chi connectivity index (χ1) is 15.6. The van der Waals surface area contributed by atoms with Crippen LogP contribution in [0.4, 0.5) is 0 Å². The van der Waals surface area contributed by atoms with Crippen molar-refractivity contribution in [2.45, 2.75) is 31.5 Å². The lowest BCUT2D eigenvalue weighted by Crippen LogP contribution is -2.50. The molecule has 0 aliphatic heterocycles. The zero-order valence-corrected chi connectivity index (χ0v) is 18.1. The van der Waals surface area contributed by atoms with E-state index in [0.29, 0.717) is 25.9 Å². The molecule has 3 aromatic rings. The summed E-state index contributed by atoms with van der Waals surface area (Å²) in [5, 5.41) is 9.91. The van der Waals surface area contributed by atoms with Gasteiger partial charge in [-0.2, -0.15) is 0 Å². The summed E-state index contributed by atoms with van der Waals surface area (Å²) < 4.78 is 6.11. The maximum atomic E-state index is 12.1. The summed E-state index contributed by atoms with van der Waals surface area (Å²) in [6.45, 7) is 2.53. The van der Waals surface area contributed by atoms with E-state index < -0.39 is 18.2 Å². The maximum absolute atomic E-state index is 12.1. The third kappa shape index (κ3) is 4.35. The van der Waals surface area contributed by atoms with Gasteiger partial charge in [0.15, 0.2) is 12.5 Å². The van der Waals surface area contributed by atoms with Crippen LogP contribution in [0.5, 0.6) is 0 Å². The van der Waals surface area contributed by atoms with Gasteiger partial charge in [0.05, 0.1) is 6.61 Å². The fourth-order valence-corrected chi connectivity index (χ4v) is 4.61. The third-order valence-electron chi connectivity index (χ3n) is 6.16. The molecule has 0 amide bonds. The van der Waals surface area contributed by atoms with Crippen LogP contribution in [-0.2, 0) is 20.7 Å². The molecular formula is C27H27NO4. The molecule has 1 N–H and O–H groups in total. The number of aldehydes is 1. The molecule has 0 saturated carbocycles. The number of hydrogen-bond donors (Lipinski definition) is 1. The Labute approximate surface area is 188 Å². The Kier molecular flexibility index (Phi) is 6.78. The quantitative estimate of drug-likeness (QED) is 0.383. The van der Waals surface area contributed by atoms with E-state index in [2.05, 4.69) is 24.3 Å². The van der Waals surface area contributed by atoms with Gasteiger partial charge in [-0.15, -0.1) is 0 Å². The lowest BCUT2D eigenvalue weighted by molar-refractivity contribution is -0.154. The zero-order valence-electron chi connectivity index (χ0n) is 18.1. The van der Waals surface area contributed by atoms with E-state index >= 15 is 0 Å². The molecule has 2 atom stereocenters. The van der Waals surface area contributed by atoms with Crippen molar-refractivity contribution in [3.05, 3.63) is 95.6 Å². The SMILES string of the molecule is CCN(C(C=O)OCC1c2ccccc2-c2ccccc21)[C@@H](Cc1ccccc1)C(=O)O. The molecule has 1 unspecified atom stereocenters. The van der Waals surface area contributed by atoms with Crippen LogP contribution in [0.1, 0.15) is 29.5 Å². The molecule has 0 aromatic heterocycles. The van der Waals surface area contributed by atoms with E-state index in [4.69, 9.17) is 4.74 Å². The molecule has 1 aliphatic carbocycles. The van der Waals surface area contributed by atoms with Gasteiger partial charge >= 0.3 is 5.97 Å². The van der Waals surface area contributed by atoms with E-state index in [1.54, 1.807) is 4.90 Å². The molecule has 0 spiro atoms. The highest BCUT2D eigenvalue weighted by atomic mass is 16.5. The van der Waals surface area contributed by atoms with Crippen molar-refractivity contribution in [1.29, 1.82) is 0 Å². The fraction of sp³-hybridized carbons (Fsp3) is 0.259. The van der Waals surface area contributed by atoms with Gasteiger partial charge in [0.2, 0.25) is 0 Å². The number of likely N-dealkylation sites (N-methyl/N-ethyl adjacent to an activating group) is 1. The van der Waals surface area contributed by atoms with E-state index in [1.807, 2.05) is 61.5 Å². The Morgan fingerprint density at radius 3 is 2.06 bits per heavy atom. The molecule has 0 bridgehead atoms. The first-order valence-electron chi connectivity index (χ1n) is 10.9. The molecule has 0 saturated heterocycles. The average molecular weight is 430 g/mol. The molecule has 32 heavy (non-hydrogen) atoms. The predicted octanol–water partition coefficient (Wildman–Crippen LogP) is 4.36. The van der Waals surface area contributed by atoms with Gasteiger partial charge < -0.3 is 9.84 Å². The molecule has 1 aliphatic rings. The minimum atomic E-state index is -0.970.